The molecular weight excluding hydrogens is 394 g/mol. The van der Waals surface area contributed by atoms with Gasteiger partial charge in [0.1, 0.15) is 17.3 Å². The third-order valence-electron chi connectivity index (χ3n) is 4.75. The van der Waals surface area contributed by atoms with Gasteiger partial charge in [0, 0.05) is 10.6 Å². The molecule has 0 spiro atoms. The fraction of sp³-hybridized carbons (Fsp3) is 0.0909. The molecule has 1 aliphatic heterocycles. The second-order valence-corrected chi connectivity index (χ2v) is 7.04. The number of ketones is 1. The van der Waals surface area contributed by atoms with Gasteiger partial charge in [-0.25, -0.2) is 0 Å². The molecule has 3 aromatic rings. The monoisotopic (exact) mass is 409 g/mol. The highest BCUT2D eigenvalue weighted by Gasteiger charge is 2.46. The summed E-state index contributed by atoms with van der Waals surface area (Å²) >= 11 is 5.91. The molecule has 6 nitrogen and oxygen atoms in total. The van der Waals surface area contributed by atoms with Gasteiger partial charge < -0.3 is 19.5 Å². The van der Waals surface area contributed by atoms with Gasteiger partial charge in [0.05, 0.1) is 24.4 Å². The van der Waals surface area contributed by atoms with Crippen LogP contribution in [0.3, 0.4) is 0 Å². The zero-order valence-electron chi connectivity index (χ0n) is 15.1. The van der Waals surface area contributed by atoms with Gasteiger partial charge in [-0.3, -0.25) is 9.59 Å². The van der Waals surface area contributed by atoms with E-state index in [1.807, 2.05) is 0 Å². The lowest BCUT2D eigenvalue weighted by Gasteiger charge is -2.24. The van der Waals surface area contributed by atoms with Crippen molar-refractivity contribution in [3.05, 3.63) is 94.4 Å². The van der Waals surface area contributed by atoms with E-state index in [1.54, 1.807) is 48.5 Å². The van der Waals surface area contributed by atoms with Crippen molar-refractivity contribution in [1.82, 2.24) is 4.90 Å². The smallest absolute Gasteiger partial charge is 0.296 e. The van der Waals surface area contributed by atoms with Crippen molar-refractivity contribution >= 4 is 29.1 Å². The average Bonchev–Trinajstić information content (AvgIpc) is 3.30. The third-order valence-corrected chi connectivity index (χ3v) is 5.00. The van der Waals surface area contributed by atoms with Crippen molar-refractivity contribution in [1.29, 1.82) is 0 Å². The lowest BCUT2D eigenvalue weighted by molar-refractivity contribution is -0.140. The lowest BCUT2D eigenvalue weighted by Crippen LogP contribution is -2.29. The summed E-state index contributed by atoms with van der Waals surface area (Å²) in [7, 11) is 0. The van der Waals surface area contributed by atoms with Crippen LogP contribution < -0.4 is 0 Å². The molecule has 0 saturated carbocycles. The number of phenolic OH excluding ortho intramolecular Hbond substituents is 1. The largest absolute Gasteiger partial charge is 0.508 e. The van der Waals surface area contributed by atoms with Crippen LogP contribution in [0.15, 0.2) is 76.9 Å². The molecule has 4 rings (SSSR count). The number of halogens is 1. The molecule has 1 aromatic heterocycles. The standard InChI is InChI=1S/C22H16ClNO5/c23-15-8-6-13(7-9-15)20(26)18-19(14-3-1-4-16(25)11-14)24(22(28)21(18)27)12-17-5-2-10-29-17/h1-11,19,25-26H,12H2/t19-/m1/s1. The number of carbonyl (C=O) groups is 2. The van der Waals surface area contributed by atoms with Crippen molar-refractivity contribution < 1.29 is 24.2 Å². The molecule has 29 heavy (non-hydrogen) atoms. The molecule has 146 valence electrons. The highest BCUT2D eigenvalue weighted by Crippen LogP contribution is 2.41. The maximum Gasteiger partial charge on any atom is 0.296 e. The van der Waals surface area contributed by atoms with E-state index in [4.69, 9.17) is 16.0 Å². The van der Waals surface area contributed by atoms with Gasteiger partial charge in [-0.2, -0.15) is 0 Å². The minimum Gasteiger partial charge on any atom is -0.508 e. The van der Waals surface area contributed by atoms with Crippen LogP contribution in [0.2, 0.25) is 5.02 Å². The normalized spacial score (nSPS) is 18.4. The van der Waals surface area contributed by atoms with Crippen LogP contribution in [0.25, 0.3) is 5.76 Å². The van der Waals surface area contributed by atoms with E-state index in [2.05, 4.69) is 0 Å². The molecule has 1 atom stereocenters. The fourth-order valence-corrected chi connectivity index (χ4v) is 3.54. The Bertz CT molecular complexity index is 1100. The molecule has 1 aliphatic rings. The number of carbonyl (C=O) groups excluding carboxylic acids is 2. The van der Waals surface area contributed by atoms with Crippen LogP contribution in [0.5, 0.6) is 5.75 Å². The molecule has 0 unspecified atom stereocenters. The summed E-state index contributed by atoms with van der Waals surface area (Å²) in [5.41, 5.74) is 0.788. The molecule has 0 bridgehead atoms. The second kappa shape index (κ2) is 7.48. The van der Waals surface area contributed by atoms with Crippen LogP contribution in [0.1, 0.15) is 22.9 Å². The van der Waals surface area contributed by atoms with Crippen LogP contribution >= 0.6 is 11.6 Å². The first-order valence-corrected chi connectivity index (χ1v) is 9.19. The Morgan fingerprint density at radius 3 is 2.48 bits per heavy atom. The molecule has 7 heteroatoms. The SMILES string of the molecule is O=C1C(=O)N(Cc2ccco2)[C@H](c2cccc(O)c2)C1=C(O)c1ccc(Cl)cc1. The number of phenols is 1. The number of aromatic hydroxyl groups is 1. The first-order chi connectivity index (χ1) is 14.0. The number of aliphatic hydroxyl groups is 1. The summed E-state index contributed by atoms with van der Waals surface area (Å²) in [6, 6.07) is 15.0. The zero-order valence-corrected chi connectivity index (χ0v) is 15.8. The number of nitrogens with zero attached hydrogens (tertiary/aromatic N) is 1. The molecule has 0 aliphatic carbocycles. The maximum atomic E-state index is 12.9. The Kier molecular flexibility index (Phi) is 4.86. The summed E-state index contributed by atoms with van der Waals surface area (Å²) < 4.78 is 5.33. The van der Waals surface area contributed by atoms with Gasteiger partial charge >= 0.3 is 0 Å². The Morgan fingerprint density at radius 2 is 1.83 bits per heavy atom. The number of rotatable bonds is 4. The summed E-state index contributed by atoms with van der Waals surface area (Å²) in [4.78, 5) is 27.0. The molecular formula is C22H16ClNO5. The summed E-state index contributed by atoms with van der Waals surface area (Å²) in [5, 5.41) is 21.3. The van der Waals surface area contributed by atoms with Crippen LogP contribution in [0, 0.1) is 0 Å². The molecule has 2 aromatic carbocycles. The molecule has 1 fully saturated rings. The molecule has 1 amide bonds. The quantitative estimate of drug-likeness (QED) is 0.381. The van der Waals surface area contributed by atoms with E-state index in [0.29, 0.717) is 21.9 Å². The van der Waals surface area contributed by atoms with E-state index in [-0.39, 0.29) is 23.6 Å². The maximum absolute atomic E-state index is 12.9. The number of Topliss-reactive ketones (excluding diaryl/α,β-unsaturated/α-hetero) is 1. The summed E-state index contributed by atoms with van der Waals surface area (Å²) in [6.07, 6.45) is 1.48. The van der Waals surface area contributed by atoms with Crippen LogP contribution in [0.4, 0.5) is 0 Å². The van der Waals surface area contributed by atoms with Crippen LogP contribution in [-0.4, -0.2) is 26.8 Å². The first-order valence-electron chi connectivity index (χ1n) is 8.81. The zero-order chi connectivity index (χ0) is 20.5. The van der Waals surface area contributed by atoms with E-state index in [0.717, 1.165) is 0 Å². The number of aliphatic hydroxyl groups excluding tert-OH is 1. The van der Waals surface area contributed by atoms with E-state index in [1.165, 1.54) is 23.3 Å². The third kappa shape index (κ3) is 3.50. The Balaban J connectivity index is 1.87. The number of likely N-dealkylation sites (tertiary alicyclic amines) is 1. The van der Waals surface area contributed by atoms with Gasteiger partial charge in [-0.05, 0) is 54.1 Å². The van der Waals surface area contributed by atoms with Gasteiger partial charge in [0.2, 0.25) is 0 Å². The van der Waals surface area contributed by atoms with Crippen molar-refractivity contribution in [3.63, 3.8) is 0 Å². The second-order valence-electron chi connectivity index (χ2n) is 6.61. The predicted octanol–water partition coefficient (Wildman–Crippen LogP) is 4.26. The van der Waals surface area contributed by atoms with E-state index >= 15 is 0 Å². The number of benzene rings is 2. The lowest BCUT2D eigenvalue weighted by atomic mass is 9.95. The van der Waals surface area contributed by atoms with Gasteiger partial charge in [0.25, 0.3) is 11.7 Å². The Labute approximate surface area is 171 Å². The summed E-state index contributed by atoms with van der Waals surface area (Å²) in [5.74, 6) is -1.40. The predicted molar refractivity (Wildman–Crippen MR) is 106 cm³/mol. The average molecular weight is 410 g/mol. The number of hydrogen-bond donors (Lipinski definition) is 2. The van der Waals surface area contributed by atoms with Gasteiger partial charge in [-0.1, -0.05) is 23.7 Å². The fourth-order valence-electron chi connectivity index (χ4n) is 3.42. The highest BCUT2D eigenvalue weighted by molar-refractivity contribution is 6.46. The number of furan rings is 1. The molecule has 0 radical (unpaired) electrons. The minimum atomic E-state index is -0.886. The molecule has 2 N–H and O–H groups in total. The van der Waals surface area contributed by atoms with E-state index < -0.39 is 17.7 Å². The molecule has 2 heterocycles. The molecule has 1 saturated heterocycles. The number of hydrogen-bond acceptors (Lipinski definition) is 5. The number of amides is 1. The highest BCUT2D eigenvalue weighted by atomic mass is 35.5. The topological polar surface area (TPSA) is 91.0 Å². The minimum absolute atomic E-state index is 0.0161. The van der Waals surface area contributed by atoms with Gasteiger partial charge in [-0.15, -0.1) is 0 Å². The van der Waals surface area contributed by atoms with Crippen LogP contribution in [-0.2, 0) is 16.1 Å². The van der Waals surface area contributed by atoms with Crippen molar-refractivity contribution in [2.24, 2.45) is 0 Å². The van der Waals surface area contributed by atoms with Crippen molar-refractivity contribution in [3.8, 4) is 5.75 Å². The van der Waals surface area contributed by atoms with Gasteiger partial charge in [0.15, 0.2) is 0 Å². The first kappa shape index (κ1) is 18.8. The van der Waals surface area contributed by atoms with Crippen molar-refractivity contribution in [2.75, 3.05) is 0 Å². The van der Waals surface area contributed by atoms with Crippen molar-refractivity contribution in [2.45, 2.75) is 12.6 Å². The Hall–Kier alpha value is -3.51. The summed E-state index contributed by atoms with van der Waals surface area (Å²) in [6.45, 7) is 0.0370. The Morgan fingerprint density at radius 1 is 1.07 bits per heavy atom. The van der Waals surface area contributed by atoms with E-state index in [9.17, 15) is 19.8 Å².